The second-order valence-corrected chi connectivity index (χ2v) is 6.07. The van der Waals surface area contributed by atoms with Gasteiger partial charge in [0.25, 0.3) is 0 Å². The van der Waals surface area contributed by atoms with Gasteiger partial charge in [0.15, 0.2) is 0 Å². The van der Waals surface area contributed by atoms with Crippen molar-refractivity contribution in [1.82, 2.24) is 4.72 Å². The lowest BCUT2D eigenvalue weighted by atomic mass is 10.1. The molecule has 6 heteroatoms. The van der Waals surface area contributed by atoms with Gasteiger partial charge < -0.3 is 4.74 Å². The van der Waals surface area contributed by atoms with Crippen LogP contribution in [-0.2, 0) is 19.6 Å². The van der Waals surface area contributed by atoms with Crippen molar-refractivity contribution >= 4 is 16.0 Å². The SMILES string of the molecule is CCC(NS(=O)(=O)c1ccc(C)c(C)c1)C(=O)OC. The molecule has 1 rings (SSSR count). The normalized spacial score (nSPS) is 13.1. The fourth-order valence-electron chi connectivity index (χ4n) is 1.58. The second kappa shape index (κ2) is 6.16. The first-order valence-electron chi connectivity index (χ1n) is 5.99. The molecule has 0 aliphatic rings. The lowest BCUT2D eigenvalue weighted by Crippen LogP contribution is -2.40. The number of ether oxygens (including phenoxy) is 1. The van der Waals surface area contributed by atoms with Crippen LogP contribution in [0.2, 0.25) is 0 Å². The lowest BCUT2D eigenvalue weighted by molar-refractivity contribution is -0.142. The predicted molar refractivity (Wildman–Crippen MR) is 72.3 cm³/mol. The van der Waals surface area contributed by atoms with Gasteiger partial charge in [0.1, 0.15) is 6.04 Å². The van der Waals surface area contributed by atoms with Crippen LogP contribution in [0.1, 0.15) is 24.5 Å². The Kier molecular flexibility index (Phi) is 5.08. The van der Waals surface area contributed by atoms with Gasteiger partial charge in [-0.2, -0.15) is 4.72 Å². The number of rotatable bonds is 5. The van der Waals surface area contributed by atoms with Gasteiger partial charge >= 0.3 is 5.97 Å². The van der Waals surface area contributed by atoms with Crippen LogP contribution in [0.15, 0.2) is 23.1 Å². The second-order valence-electron chi connectivity index (χ2n) is 4.35. The van der Waals surface area contributed by atoms with E-state index in [-0.39, 0.29) is 4.90 Å². The van der Waals surface area contributed by atoms with E-state index in [0.717, 1.165) is 11.1 Å². The van der Waals surface area contributed by atoms with Gasteiger partial charge in [-0.3, -0.25) is 4.79 Å². The summed E-state index contributed by atoms with van der Waals surface area (Å²) in [5.74, 6) is -0.588. The summed E-state index contributed by atoms with van der Waals surface area (Å²) >= 11 is 0. The maximum absolute atomic E-state index is 12.2. The average Bonchev–Trinajstić information content (AvgIpc) is 2.38. The van der Waals surface area contributed by atoms with Gasteiger partial charge in [-0.05, 0) is 43.5 Å². The number of hydrogen-bond acceptors (Lipinski definition) is 4. The molecule has 0 bridgehead atoms. The molecule has 0 heterocycles. The van der Waals surface area contributed by atoms with Crippen LogP contribution in [0.4, 0.5) is 0 Å². The summed E-state index contributed by atoms with van der Waals surface area (Å²) in [7, 11) is -2.49. The minimum atomic E-state index is -3.72. The van der Waals surface area contributed by atoms with E-state index < -0.39 is 22.0 Å². The summed E-state index contributed by atoms with van der Waals surface area (Å²) in [6.45, 7) is 5.46. The fourth-order valence-corrected chi connectivity index (χ4v) is 2.93. The molecule has 1 N–H and O–H groups in total. The molecule has 1 unspecified atom stereocenters. The maximum atomic E-state index is 12.2. The van der Waals surface area contributed by atoms with Crippen LogP contribution in [0.3, 0.4) is 0 Å². The highest BCUT2D eigenvalue weighted by atomic mass is 32.2. The highest BCUT2D eigenvalue weighted by Gasteiger charge is 2.24. The molecule has 0 aliphatic carbocycles. The number of hydrogen-bond donors (Lipinski definition) is 1. The zero-order chi connectivity index (χ0) is 14.6. The fraction of sp³-hybridized carbons (Fsp3) is 0.462. The van der Waals surface area contributed by atoms with Crippen LogP contribution >= 0.6 is 0 Å². The number of methoxy groups -OCH3 is 1. The first kappa shape index (κ1) is 15.7. The van der Waals surface area contributed by atoms with Crippen molar-refractivity contribution in [3.05, 3.63) is 29.3 Å². The summed E-state index contributed by atoms with van der Waals surface area (Å²) in [4.78, 5) is 11.6. The van der Waals surface area contributed by atoms with E-state index in [1.807, 2.05) is 13.8 Å². The molecule has 1 atom stereocenters. The van der Waals surface area contributed by atoms with Gasteiger partial charge in [0, 0.05) is 0 Å². The van der Waals surface area contributed by atoms with Gasteiger partial charge in [0.05, 0.1) is 12.0 Å². The van der Waals surface area contributed by atoms with Crippen molar-refractivity contribution in [3.63, 3.8) is 0 Å². The number of carbonyl (C=O) groups excluding carboxylic acids is 1. The zero-order valence-electron chi connectivity index (χ0n) is 11.6. The molecule has 0 amide bonds. The Labute approximate surface area is 114 Å². The maximum Gasteiger partial charge on any atom is 0.323 e. The molecule has 0 fully saturated rings. The van der Waals surface area contributed by atoms with E-state index >= 15 is 0 Å². The molecule has 1 aromatic rings. The molecular weight excluding hydrogens is 266 g/mol. The van der Waals surface area contributed by atoms with Gasteiger partial charge in [0.2, 0.25) is 10.0 Å². The van der Waals surface area contributed by atoms with E-state index in [0.29, 0.717) is 6.42 Å². The van der Waals surface area contributed by atoms with E-state index in [9.17, 15) is 13.2 Å². The lowest BCUT2D eigenvalue weighted by Gasteiger charge is -2.15. The predicted octanol–water partition coefficient (Wildman–Crippen LogP) is 1.53. The molecule has 0 saturated heterocycles. The molecule has 0 aromatic heterocycles. The molecular formula is C13H19NO4S. The Bertz CT molecular complexity index is 566. The summed E-state index contributed by atoms with van der Waals surface area (Å²) in [5, 5.41) is 0. The third-order valence-electron chi connectivity index (χ3n) is 2.98. The first-order valence-corrected chi connectivity index (χ1v) is 7.47. The van der Waals surface area contributed by atoms with E-state index in [1.165, 1.54) is 13.2 Å². The molecule has 5 nitrogen and oxygen atoms in total. The highest BCUT2D eigenvalue weighted by molar-refractivity contribution is 7.89. The number of aryl methyl sites for hydroxylation is 2. The third kappa shape index (κ3) is 3.78. The monoisotopic (exact) mass is 285 g/mol. The minimum Gasteiger partial charge on any atom is -0.468 e. The summed E-state index contributed by atoms with van der Waals surface area (Å²) in [6, 6.07) is 3.98. The standard InChI is InChI=1S/C13H19NO4S/c1-5-12(13(15)18-4)14-19(16,17)11-7-6-9(2)10(3)8-11/h6-8,12,14H,5H2,1-4H3. The van der Waals surface area contributed by atoms with Crippen molar-refractivity contribution < 1.29 is 17.9 Å². The molecule has 0 saturated carbocycles. The Balaban J connectivity index is 3.03. The zero-order valence-corrected chi connectivity index (χ0v) is 12.4. The number of sulfonamides is 1. The van der Waals surface area contributed by atoms with Gasteiger partial charge in [-0.25, -0.2) is 8.42 Å². The van der Waals surface area contributed by atoms with Crippen molar-refractivity contribution in [1.29, 1.82) is 0 Å². The average molecular weight is 285 g/mol. The Morgan fingerprint density at radius 1 is 1.32 bits per heavy atom. The first-order chi connectivity index (χ1) is 8.81. The number of esters is 1. The minimum absolute atomic E-state index is 0.151. The number of benzene rings is 1. The van der Waals surface area contributed by atoms with E-state index in [1.54, 1.807) is 19.1 Å². The number of carbonyl (C=O) groups is 1. The molecule has 0 aliphatic heterocycles. The van der Waals surface area contributed by atoms with Crippen LogP contribution in [0.5, 0.6) is 0 Å². The Morgan fingerprint density at radius 2 is 1.95 bits per heavy atom. The summed E-state index contributed by atoms with van der Waals surface area (Å²) in [6.07, 6.45) is 0.330. The van der Waals surface area contributed by atoms with E-state index in [2.05, 4.69) is 9.46 Å². The van der Waals surface area contributed by atoms with Crippen LogP contribution in [0, 0.1) is 13.8 Å². The molecule has 0 spiro atoms. The highest BCUT2D eigenvalue weighted by Crippen LogP contribution is 2.15. The Hall–Kier alpha value is -1.40. The summed E-state index contributed by atoms with van der Waals surface area (Å²) < 4.78 is 31.2. The van der Waals surface area contributed by atoms with Crippen molar-refractivity contribution in [2.24, 2.45) is 0 Å². The van der Waals surface area contributed by atoms with Gasteiger partial charge in [-0.1, -0.05) is 13.0 Å². The molecule has 106 valence electrons. The van der Waals surface area contributed by atoms with Crippen LogP contribution in [-0.4, -0.2) is 27.5 Å². The van der Waals surface area contributed by atoms with Crippen LogP contribution < -0.4 is 4.72 Å². The smallest absolute Gasteiger partial charge is 0.323 e. The Morgan fingerprint density at radius 3 is 2.42 bits per heavy atom. The van der Waals surface area contributed by atoms with Crippen molar-refractivity contribution in [2.75, 3.05) is 7.11 Å². The van der Waals surface area contributed by atoms with Crippen LogP contribution in [0.25, 0.3) is 0 Å². The summed E-state index contributed by atoms with van der Waals surface area (Å²) in [5.41, 5.74) is 1.90. The topological polar surface area (TPSA) is 72.5 Å². The van der Waals surface area contributed by atoms with Crippen molar-refractivity contribution in [2.45, 2.75) is 38.1 Å². The van der Waals surface area contributed by atoms with Crippen molar-refractivity contribution in [3.8, 4) is 0 Å². The van der Waals surface area contributed by atoms with E-state index in [4.69, 9.17) is 0 Å². The number of nitrogens with one attached hydrogen (secondary N) is 1. The largest absolute Gasteiger partial charge is 0.468 e. The molecule has 1 aromatic carbocycles. The quantitative estimate of drug-likeness (QED) is 0.833. The van der Waals surface area contributed by atoms with Gasteiger partial charge in [-0.15, -0.1) is 0 Å². The molecule has 19 heavy (non-hydrogen) atoms. The molecule has 0 radical (unpaired) electrons. The third-order valence-corrected chi connectivity index (χ3v) is 4.45.